The molecule has 2 unspecified atom stereocenters. The maximum absolute atomic E-state index is 5.81. The van der Waals surface area contributed by atoms with Crippen molar-refractivity contribution in [2.45, 2.75) is 58.6 Å². The van der Waals surface area contributed by atoms with E-state index in [1.165, 1.54) is 25.9 Å². The lowest BCUT2D eigenvalue weighted by Crippen LogP contribution is -2.42. The summed E-state index contributed by atoms with van der Waals surface area (Å²) in [6.07, 6.45) is 4.98. The molecule has 0 saturated carbocycles. The number of guanidine groups is 1. The Hall–Kier alpha value is -0.120. The molecule has 6 nitrogen and oxygen atoms in total. The summed E-state index contributed by atoms with van der Waals surface area (Å²) >= 11 is 0. The number of hydrogen-bond donors (Lipinski definition) is 2. The van der Waals surface area contributed by atoms with E-state index in [-0.39, 0.29) is 24.0 Å². The maximum atomic E-state index is 5.81. The van der Waals surface area contributed by atoms with E-state index in [0.717, 1.165) is 58.3 Å². The molecule has 26 heavy (non-hydrogen) atoms. The minimum absolute atomic E-state index is 0. The lowest BCUT2D eigenvalue weighted by molar-refractivity contribution is 0.0420. The largest absolute Gasteiger partial charge is 0.379 e. The molecular formula is C19H39IN4O2. The van der Waals surface area contributed by atoms with Gasteiger partial charge in [-0.2, -0.15) is 0 Å². The van der Waals surface area contributed by atoms with Crippen LogP contribution in [-0.2, 0) is 9.47 Å². The van der Waals surface area contributed by atoms with Gasteiger partial charge in [-0.3, -0.25) is 9.89 Å². The van der Waals surface area contributed by atoms with E-state index in [2.05, 4.69) is 36.3 Å². The molecule has 0 bridgehead atoms. The van der Waals surface area contributed by atoms with Gasteiger partial charge in [-0.1, -0.05) is 13.8 Å². The predicted molar refractivity (Wildman–Crippen MR) is 119 cm³/mol. The Balaban J connectivity index is 0.00000338. The van der Waals surface area contributed by atoms with Crippen LogP contribution in [0.1, 0.15) is 46.5 Å². The predicted octanol–water partition coefficient (Wildman–Crippen LogP) is 2.48. The van der Waals surface area contributed by atoms with Crippen molar-refractivity contribution in [3.8, 4) is 0 Å². The summed E-state index contributed by atoms with van der Waals surface area (Å²) in [5.74, 6) is 1.56. The van der Waals surface area contributed by atoms with Crippen LogP contribution in [0.3, 0.4) is 0 Å². The number of rotatable bonds is 10. The van der Waals surface area contributed by atoms with Crippen LogP contribution in [0, 0.1) is 5.92 Å². The van der Waals surface area contributed by atoms with Crippen LogP contribution in [0.2, 0.25) is 0 Å². The molecule has 2 saturated heterocycles. The number of ether oxygens (including phenoxy) is 2. The van der Waals surface area contributed by atoms with Gasteiger partial charge in [0.25, 0.3) is 0 Å². The van der Waals surface area contributed by atoms with E-state index >= 15 is 0 Å². The van der Waals surface area contributed by atoms with Crippen molar-refractivity contribution in [3.63, 3.8) is 0 Å². The van der Waals surface area contributed by atoms with Crippen LogP contribution in [0.25, 0.3) is 0 Å². The number of hydrogen-bond acceptors (Lipinski definition) is 4. The zero-order chi connectivity index (χ0) is 17.9. The highest BCUT2D eigenvalue weighted by Gasteiger charge is 2.24. The minimum Gasteiger partial charge on any atom is -0.379 e. The van der Waals surface area contributed by atoms with Gasteiger partial charge in [0.2, 0.25) is 0 Å². The highest BCUT2D eigenvalue weighted by molar-refractivity contribution is 14.0. The van der Waals surface area contributed by atoms with Gasteiger partial charge < -0.3 is 20.1 Å². The first kappa shape index (κ1) is 23.9. The zero-order valence-corrected chi connectivity index (χ0v) is 19.2. The normalized spacial score (nSPS) is 22.5. The fourth-order valence-electron chi connectivity index (χ4n) is 3.52. The molecule has 2 rings (SSSR count). The fourth-order valence-corrected chi connectivity index (χ4v) is 3.52. The van der Waals surface area contributed by atoms with Crippen molar-refractivity contribution < 1.29 is 9.47 Å². The topological polar surface area (TPSA) is 58.1 Å². The smallest absolute Gasteiger partial charge is 0.191 e. The van der Waals surface area contributed by atoms with Crippen LogP contribution in [0.4, 0.5) is 0 Å². The van der Waals surface area contributed by atoms with Crippen molar-refractivity contribution in [3.05, 3.63) is 0 Å². The molecule has 154 valence electrons. The van der Waals surface area contributed by atoms with E-state index < -0.39 is 0 Å². The molecule has 0 aromatic carbocycles. The SMILES string of the molecule is CCNC(=NCC(C(C)C)N1CCCC1)NCCCOC1CCOC1.I. The summed E-state index contributed by atoms with van der Waals surface area (Å²) in [6.45, 7) is 14.2. The zero-order valence-electron chi connectivity index (χ0n) is 16.8. The summed E-state index contributed by atoms with van der Waals surface area (Å²) in [5.41, 5.74) is 0. The molecule has 0 spiro atoms. The molecule has 0 aliphatic carbocycles. The van der Waals surface area contributed by atoms with Crippen molar-refractivity contribution in [2.75, 3.05) is 52.5 Å². The third-order valence-corrected chi connectivity index (χ3v) is 5.01. The Morgan fingerprint density at radius 1 is 1.27 bits per heavy atom. The monoisotopic (exact) mass is 482 g/mol. The van der Waals surface area contributed by atoms with Crippen LogP contribution in [0.15, 0.2) is 4.99 Å². The Labute approximate surface area is 176 Å². The van der Waals surface area contributed by atoms with Gasteiger partial charge in [0, 0.05) is 32.3 Å². The molecule has 0 radical (unpaired) electrons. The van der Waals surface area contributed by atoms with Crippen LogP contribution in [0.5, 0.6) is 0 Å². The molecule has 2 heterocycles. The summed E-state index contributed by atoms with van der Waals surface area (Å²) in [5, 5.41) is 6.80. The van der Waals surface area contributed by atoms with Crippen LogP contribution in [-0.4, -0.2) is 75.5 Å². The van der Waals surface area contributed by atoms with Gasteiger partial charge in [-0.05, 0) is 51.6 Å². The summed E-state index contributed by atoms with van der Waals surface area (Å²) in [4.78, 5) is 7.45. The van der Waals surface area contributed by atoms with Crippen LogP contribution < -0.4 is 10.6 Å². The molecule has 0 aromatic heterocycles. The Bertz CT molecular complexity index is 384. The summed E-state index contributed by atoms with van der Waals surface area (Å²) in [7, 11) is 0. The quantitative estimate of drug-likeness (QED) is 0.217. The second-order valence-corrected chi connectivity index (χ2v) is 7.41. The minimum atomic E-state index is 0. The van der Waals surface area contributed by atoms with E-state index in [0.29, 0.717) is 18.1 Å². The van der Waals surface area contributed by atoms with Gasteiger partial charge in [0.1, 0.15) is 0 Å². The molecular weight excluding hydrogens is 443 g/mol. The second kappa shape index (κ2) is 14.0. The Kier molecular flexibility index (Phi) is 12.8. The van der Waals surface area contributed by atoms with Gasteiger partial charge in [-0.15, -0.1) is 24.0 Å². The first-order valence-corrected chi connectivity index (χ1v) is 10.2. The Morgan fingerprint density at radius 2 is 2.04 bits per heavy atom. The summed E-state index contributed by atoms with van der Waals surface area (Å²) in [6, 6.07) is 0.545. The number of likely N-dealkylation sites (tertiary alicyclic amines) is 1. The molecule has 2 aliphatic heterocycles. The second-order valence-electron chi connectivity index (χ2n) is 7.41. The van der Waals surface area contributed by atoms with E-state index in [1.54, 1.807) is 0 Å². The fraction of sp³-hybridized carbons (Fsp3) is 0.947. The molecule has 2 fully saturated rings. The molecule has 7 heteroatoms. The van der Waals surface area contributed by atoms with Crippen molar-refractivity contribution in [1.29, 1.82) is 0 Å². The first-order valence-electron chi connectivity index (χ1n) is 10.2. The number of nitrogens with zero attached hydrogens (tertiary/aromatic N) is 2. The molecule has 0 amide bonds. The molecule has 2 N–H and O–H groups in total. The van der Waals surface area contributed by atoms with E-state index in [4.69, 9.17) is 14.5 Å². The van der Waals surface area contributed by atoms with E-state index in [1.807, 2.05) is 0 Å². The van der Waals surface area contributed by atoms with Gasteiger partial charge >= 0.3 is 0 Å². The molecule has 2 aliphatic rings. The van der Waals surface area contributed by atoms with Gasteiger partial charge in [-0.25, -0.2) is 0 Å². The highest BCUT2D eigenvalue weighted by Crippen LogP contribution is 2.17. The lowest BCUT2D eigenvalue weighted by Gasteiger charge is -2.29. The third kappa shape index (κ3) is 8.71. The van der Waals surface area contributed by atoms with Crippen molar-refractivity contribution in [2.24, 2.45) is 10.9 Å². The standard InChI is InChI=1S/C19H38N4O2.HI/c1-4-20-19(21-9-7-12-25-17-8-13-24-15-17)22-14-18(16(2)3)23-10-5-6-11-23;/h16-18H,4-15H2,1-3H3,(H2,20,21,22);1H. The highest BCUT2D eigenvalue weighted by atomic mass is 127. The maximum Gasteiger partial charge on any atom is 0.191 e. The van der Waals surface area contributed by atoms with Crippen LogP contribution >= 0.6 is 24.0 Å². The van der Waals surface area contributed by atoms with Gasteiger partial charge in [0.05, 0.1) is 19.3 Å². The third-order valence-electron chi connectivity index (χ3n) is 5.01. The number of nitrogens with one attached hydrogen (secondary N) is 2. The number of halogens is 1. The average Bonchev–Trinajstić information content (AvgIpc) is 3.28. The average molecular weight is 482 g/mol. The lowest BCUT2D eigenvalue weighted by atomic mass is 10.0. The molecule has 2 atom stereocenters. The van der Waals surface area contributed by atoms with E-state index in [9.17, 15) is 0 Å². The van der Waals surface area contributed by atoms with Gasteiger partial charge in [0.15, 0.2) is 5.96 Å². The molecule has 0 aromatic rings. The van der Waals surface area contributed by atoms with Crippen molar-refractivity contribution >= 4 is 29.9 Å². The first-order chi connectivity index (χ1) is 12.2. The number of aliphatic imine (C=N–C) groups is 1. The summed E-state index contributed by atoms with van der Waals surface area (Å²) < 4.78 is 11.1. The van der Waals surface area contributed by atoms with Crippen molar-refractivity contribution in [1.82, 2.24) is 15.5 Å². The Morgan fingerprint density at radius 3 is 2.65 bits per heavy atom.